The number of phenolic OH excluding ortho intramolecular Hbond substituents is 1. The van der Waals surface area contributed by atoms with E-state index in [2.05, 4.69) is 15.9 Å². The molecule has 5 nitrogen and oxygen atoms in total. The lowest BCUT2D eigenvalue weighted by molar-refractivity contribution is -0.133. The van der Waals surface area contributed by atoms with E-state index in [1.54, 1.807) is 26.1 Å². The molecule has 1 aromatic heterocycles. The van der Waals surface area contributed by atoms with E-state index in [1.165, 1.54) is 22.3 Å². The average Bonchev–Trinajstić information content (AvgIpc) is 2.93. The summed E-state index contributed by atoms with van der Waals surface area (Å²) < 4.78 is 6.06. The minimum atomic E-state index is -0.752. The fourth-order valence-electron chi connectivity index (χ4n) is 1.96. The van der Waals surface area contributed by atoms with E-state index in [0.717, 1.165) is 10.4 Å². The Kier molecular flexibility index (Phi) is 6.26. The molecular weight excluding hydrogens is 418 g/mol. The van der Waals surface area contributed by atoms with Gasteiger partial charge in [0.15, 0.2) is 6.61 Å². The van der Waals surface area contributed by atoms with Crippen LogP contribution < -0.4 is 0 Å². The van der Waals surface area contributed by atoms with Crippen molar-refractivity contribution in [3.8, 4) is 5.75 Å². The average molecular weight is 433 g/mol. The van der Waals surface area contributed by atoms with Crippen molar-refractivity contribution in [2.75, 3.05) is 13.7 Å². The van der Waals surface area contributed by atoms with Gasteiger partial charge in [0.25, 0.3) is 5.91 Å². The second kappa shape index (κ2) is 8.00. The van der Waals surface area contributed by atoms with Crippen LogP contribution in [0.25, 0.3) is 0 Å². The van der Waals surface area contributed by atoms with Crippen LogP contribution in [0.15, 0.2) is 28.7 Å². The lowest BCUT2D eigenvalue weighted by Crippen LogP contribution is -2.30. The highest BCUT2D eigenvalue weighted by atomic mass is 79.9. The van der Waals surface area contributed by atoms with Crippen molar-refractivity contribution in [2.24, 2.45) is 0 Å². The summed E-state index contributed by atoms with van der Waals surface area (Å²) in [5.74, 6) is -1.31. The molecule has 0 unspecified atom stereocenters. The van der Waals surface area contributed by atoms with Crippen LogP contribution in [-0.4, -0.2) is 35.5 Å². The largest absolute Gasteiger partial charge is 0.506 e. The molecule has 0 saturated heterocycles. The summed E-state index contributed by atoms with van der Waals surface area (Å²) in [6.45, 7) is 1.76. The molecule has 0 aliphatic carbocycles. The number of hydrogen-bond acceptors (Lipinski definition) is 5. The van der Waals surface area contributed by atoms with Crippen molar-refractivity contribution >= 4 is 50.7 Å². The van der Waals surface area contributed by atoms with Gasteiger partial charge in [-0.05, 0) is 52.7 Å². The minimum absolute atomic E-state index is 0.0161. The van der Waals surface area contributed by atoms with Gasteiger partial charge in [-0.25, -0.2) is 4.79 Å². The number of aromatic hydroxyl groups is 1. The zero-order valence-corrected chi connectivity index (χ0v) is 16.2. The number of carbonyl (C=O) groups is 2. The van der Waals surface area contributed by atoms with Gasteiger partial charge in [0.05, 0.1) is 15.4 Å². The molecule has 2 rings (SSSR count). The number of amides is 1. The van der Waals surface area contributed by atoms with E-state index in [9.17, 15) is 14.7 Å². The van der Waals surface area contributed by atoms with Crippen LogP contribution in [-0.2, 0) is 16.1 Å². The van der Waals surface area contributed by atoms with Crippen molar-refractivity contribution in [1.29, 1.82) is 0 Å². The van der Waals surface area contributed by atoms with Gasteiger partial charge in [0.2, 0.25) is 0 Å². The molecule has 0 saturated carbocycles. The van der Waals surface area contributed by atoms with Gasteiger partial charge < -0.3 is 14.7 Å². The number of aryl methyl sites for hydroxylation is 1. The zero-order chi connectivity index (χ0) is 17.9. The number of likely N-dealkylation sites (N-methyl/N-ethyl adjacent to an activating group) is 1. The summed E-state index contributed by atoms with van der Waals surface area (Å²) in [6.07, 6.45) is 0. The summed E-state index contributed by atoms with van der Waals surface area (Å²) in [4.78, 5) is 26.5. The number of ether oxygens (including phenoxy) is 1. The third-order valence-corrected chi connectivity index (χ3v) is 5.02. The Morgan fingerprint density at radius 2 is 2.08 bits per heavy atom. The van der Waals surface area contributed by atoms with E-state index >= 15 is 0 Å². The molecule has 8 heteroatoms. The number of esters is 1. The maximum absolute atomic E-state index is 12.1. The van der Waals surface area contributed by atoms with Crippen molar-refractivity contribution in [3.63, 3.8) is 0 Å². The van der Waals surface area contributed by atoms with E-state index < -0.39 is 12.6 Å². The Hall–Kier alpha value is -1.57. The maximum atomic E-state index is 12.1. The number of carbonyl (C=O) groups excluding carboxylic acids is 2. The molecule has 0 spiro atoms. The fourth-order valence-corrected chi connectivity index (χ4v) is 3.68. The number of benzene rings is 1. The van der Waals surface area contributed by atoms with Crippen molar-refractivity contribution < 1.29 is 19.4 Å². The fraction of sp³-hybridized carbons (Fsp3) is 0.250. The second-order valence-corrected chi connectivity index (χ2v) is 7.83. The summed E-state index contributed by atoms with van der Waals surface area (Å²) >= 11 is 10.4. The molecule has 0 aliphatic heterocycles. The van der Waals surface area contributed by atoms with E-state index in [1.807, 2.05) is 6.07 Å². The van der Waals surface area contributed by atoms with Crippen molar-refractivity contribution in [3.05, 3.63) is 49.1 Å². The molecule has 2 aromatic rings. The summed E-state index contributed by atoms with van der Waals surface area (Å²) in [5.41, 5.74) is 0.798. The Labute approximate surface area is 156 Å². The van der Waals surface area contributed by atoms with Gasteiger partial charge in [-0.2, -0.15) is 0 Å². The van der Waals surface area contributed by atoms with Crippen LogP contribution in [0.2, 0.25) is 4.34 Å². The van der Waals surface area contributed by atoms with E-state index in [0.29, 0.717) is 15.4 Å². The van der Waals surface area contributed by atoms with Gasteiger partial charge in [-0.3, -0.25) is 4.79 Å². The molecule has 24 heavy (non-hydrogen) atoms. The van der Waals surface area contributed by atoms with Crippen LogP contribution in [0.3, 0.4) is 0 Å². The molecule has 0 atom stereocenters. The normalized spacial score (nSPS) is 10.5. The monoisotopic (exact) mass is 431 g/mol. The standard InChI is InChI=1S/C16H15BrClNO4S/c1-9-5-11(15(21)12(17)6-9)16(22)23-8-14(20)19(2)7-10-3-4-13(18)24-10/h3-6,21H,7-8H2,1-2H3. The number of hydrogen-bond donors (Lipinski definition) is 1. The minimum Gasteiger partial charge on any atom is -0.506 e. The predicted octanol–water partition coefficient (Wildman–Crippen LogP) is 3.99. The predicted molar refractivity (Wildman–Crippen MR) is 96.6 cm³/mol. The van der Waals surface area contributed by atoms with Crippen LogP contribution in [0, 0.1) is 6.92 Å². The highest BCUT2D eigenvalue weighted by Gasteiger charge is 2.18. The molecule has 0 fully saturated rings. The second-order valence-electron chi connectivity index (χ2n) is 5.17. The maximum Gasteiger partial charge on any atom is 0.342 e. The van der Waals surface area contributed by atoms with E-state index in [-0.39, 0.29) is 17.2 Å². The Bertz CT molecular complexity index is 777. The third kappa shape index (κ3) is 4.72. The quantitative estimate of drug-likeness (QED) is 0.725. The lowest BCUT2D eigenvalue weighted by atomic mass is 10.1. The van der Waals surface area contributed by atoms with E-state index in [4.69, 9.17) is 16.3 Å². The molecule has 128 valence electrons. The van der Waals surface area contributed by atoms with Crippen LogP contribution in [0.5, 0.6) is 5.75 Å². The molecule has 1 amide bonds. The summed E-state index contributed by atoms with van der Waals surface area (Å²) in [6, 6.07) is 6.78. The number of halogens is 2. The first-order chi connectivity index (χ1) is 11.3. The Morgan fingerprint density at radius 1 is 1.38 bits per heavy atom. The number of rotatable bonds is 5. The zero-order valence-electron chi connectivity index (χ0n) is 13.0. The summed E-state index contributed by atoms with van der Waals surface area (Å²) in [7, 11) is 1.62. The first-order valence-electron chi connectivity index (χ1n) is 6.92. The molecule has 0 radical (unpaired) electrons. The van der Waals surface area contributed by atoms with Gasteiger partial charge in [-0.15, -0.1) is 11.3 Å². The SMILES string of the molecule is Cc1cc(Br)c(O)c(C(=O)OCC(=O)N(C)Cc2ccc(Cl)s2)c1. The number of phenols is 1. The molecule has 1 heterocycles. The highest BCUT2D eigenvalue weighted by Crippen LogP contribution is 2.29. The molecule has 1 aromatic carbocycles. The number of thiophene rings is 1. The number of nitrogens with zero attached hydrogens (tertiary/aromatic N) is 1. The van der Waals surface area contributed by atoms with Crippen molar-refractivity contribution in [1.82, 2.24) is 4.90 Å². The first kappa shape index (κ1) is 18.8. The molecule has 0 aliphatic rings. The smallest absolute Gasteiger partial charge is 0.342 e. The van der Waals surface area contributed by atoms with Crippen molar-refractivity contribution in [2.45, 2.75) is 13.5 Å². The Balaban J connectivity index is 1.95. The molecular formula is C16H15BrClNO4S. The molecule has 1 N–H and O–H groups in total. The Morgan fingerprint density at radius 3 is 2.71 bits per heavy atom. The van der Waals surface area contributed by atoms with Gasteiger partial charge in [0, 0.05) is 11.9 Å². The van der Waals surface area contributed by atoms with Crippen LogP contribution >= 0.6 is 38.9 Å². The lowest BCUT2D eigenvalue weighted by Gasteiger charge is -2.16. The third-order valence-electron chi connectivity index (χ3n) is 3.20. The van der Waals surface area contributed by atoms with Crippen LogP contribution in [0.4, 0.5) is 0 Å². The molecule has 0 bridgehead atoms. The highest BCUT2D eigenvalue weighted by molar-refractivity contribution is 9.10. The first-order valence-corrected chi connectivity index (χ1v) is 8.91. The van der Waals surface area contributed by atoms with Gasteiger partial charge in [-0.1, -0.05) is 11.6 Å². The van der Waals surface area contributed by atoms with Crippen LogP contribution in [0.1, 0.15) is 20.8 Å². The van der Waals surface area contributed by atoms with Gasteiger partial charge >= 0.3 is 5.97 Å². The summed E-state index contributed by atoms with van der Waals surface area (Å²) in [5, 5.41) is 9.91. The van der Waals surface area contributed by atoms with Gasteiger partial charge in [0.1, 0.15) is 11.3 Å². The topological polar surface area (TPSA) is 66.8 Å².